The normalized spacial score (nSPS) is 12.4. The van der Waals surface area contributed by atoms with Crippen LogP contribution in [0, 0.1) is 6.92 Å². The molecule has 0 aromatic heterocycles. The molecule has 0 saturated carbocycles. The van der Waals surface area contributed by atoms with E-state index in [0.717, 1.165) is 6.26 Å². The SMILES string of the molecule is Cc1cc(Br)cc(S(=O)(=O)Cl)c1OCCCS(C)(=O)=O. The zero-order valence-electron chi connectivity index (χ0n) is 10.9. The van der Waals surface area contributed by atoms with E-state index in [1.807, 2.05) is 0 Å². The fourth-order valence-electron chi connectivity index (χ4n) is 1.56. The number of hydrogen-bond donors (Lipinski definition) is 0. The van der Waals surface area contributed by atoms with Gasteiger partial charge in [-0.3, -0.25) is 0 Å². The first-order valence-corrected chi connectivity index (χ1v) is 10.7. The van der Waals surface area contributed by atoms with E-state index in [9.17, 15) is 16.8 Å². The summed E-state index contributed by atoms with van der Waals surface area (Å²) in [7, 11) is -1.64. The molecule has 0 aliphatic carbocycles. The first-order chi connectivity index (χ1) is 9.00. The highest BCUT2D eigenvalue weighted by molar-refractivity contribution is 9.10. The van der Waals surface area contributed by atoms with Gasteiger partial charge in [0, 0.05) is 21.4 Å². The highest BCUT2D eigenvalue weighted by Gasteiger charge is 2.20. The Morgan fingerprint density at radius 2 is 1.85 bits per heavy atom. The summed E-state index contributed by atoms with van der Waals surface area (Å²) in [5.41, 5.74) is 0.595. The monoisotopic (exact) mass is 404 g/mol. The smallest absolute Gasteiger partial charge is 0.265 e. The van der Waals surface area contributed by atoms with Crippen LogP contribution in [-0.2, 0) is 18.9 Å². The van der Waals surface area contributed by atoms with Gasteiger partial charge >= 0.3 is 0 Å². The molecule has 0 radical (unpaired) electrons. The Hall–Kier alpha value is -0.310. The van der Waals surface area contributed by atoms with Crippen LogP contribution in [0.1, 0.15) is 12.0 Å². The van der Waals surface area contributed by atoms with Crippen LogP contribution in [0.4, 0.5) is 0 Å². The van der Waals surface area contributed by atoms with Gasteiger partial charge in [0.15, 0.2) is 0 Å². The predicted molar refractivity (Wildman–Crippen MR) is 81.7 cm³/mol. The van der Waals surface area contributed by atoms with Gasteiger partial charge in [-0.2, -0.15) is 0 Å². The lowest BCUT2D eigenvalue weighted by atomic mass is 10.2. The third-order valence-electron chi connectivity index (χ3n) is 2.37. The lowest BCUT2D eigenvalue weighted by molar-refractivity contribution is 0.307. The molecule has 0 fully saturated rings. The van der Waals surface area contributed by atoms with Crippen molar-refractivity contribution in [2.45, 2.75) is 18.2 Å². The third kappa shape index (κ3) is 5.59. The molecule has 0 spiro atoms. The lowest BCUT2D eigenvalue weighted by Crippen LogP contribution is -2.09. The minimum absolute atomic E-state index is 0.0223. The van der Waals surface area contributed by atoms with Crippen LogP contribution < -0.4 is 4.74 Å². The van der Waals surface area contributed by atoms with Crippen LogP contribution in [0.2, 0.25) is 0 Å². The van der Waals surface area contributed by atoms with Crippen LogP contribution in [0.3, 0.4) is 0 Å². The molecular weight excluding hydrogens is 392 g/mol. The minimum atomic E-state index is -3.95. The van der Waals surface area contributed by atoms with Gasteiger partial charge in [-0.25, -0.2) is 16.8 Å². The molecule has 0 N–H and O–H groups in total. The van der Waals surface area contributed by atoms with Gasteiger partial charge < -0.3 is 4.74 Å². The van der Waals surface area contributed by atoms with E-state index in [0.29, 0.717) is 10.0 Å². The maximum atomic E-state index is 11.5. The molecule has 1 rings (SSSR count). The quantitative estimate of drug-likeness (QED) is 0.537. The Kier molecular flexibility index (Phi) is 5.89. The summed E-state index contributed by atoms with van der Waals surface area (Å²) in [4.78, 5) is -0.134. The molecule has 0 atom stereocenters. The third-order valence-corrected chi connectivity index (χ3v) is 5.19. The summed E-state index contributed by atoms with van der Waals surface area (Å²) in [6.45, 7) is 1.77. The van der Waals surface area contributed by atoms with Crippen LogP contribution >= 0.6 is 26.6 Å². The van der Waals surface area contributed by atoms with E-state index in [-0.39, 0.29) is 29.4 Å². The van der Waals surface area contributed by atoms with Gasteiger partial charge in [0.05, 0.1) is 12.4 Å². The predicted octanol–water partition coefficient (Wildman–Crippen LogP) is 2.50. The highest BCUT2D eigenvalue weighted by Crippen LogP contribution is 2.33. The summed E-state index contributed by atoms with van der Waals surface area (Å²) in [5.74, 6) is 0.127. The van der Waals surface area contributed by atoms with Crippen molar-refractivity contribution >= 4 is 45.5 Å². The summed E-state index contributed by atoms with van der Waals surface area (Å²) >= 11 is 3.19. The van der Waals surface area contributed by atoms with E-state index in [1.54, 1.807) is 13.0 Å². The number of rotatable bonds is 6. The topological polar surface area (TPSA) is 77.5 Å². The molecule has 114 valence electrons. The number of halogens is 2. The molecule has 1 aromatic rings. The maximum Gasteiger partial charge on any atom is 0.265 e. The average molecular weight is 406 g/mol. The molecule has 0 aliphatic heterocycles. The van der Waals surface area contributed by atoms with E-state index >= 15 is 0 Å². The molecule has 0 bridgehead atoms. The standard InChI is InChI=1S/C11H14BrClO5S2/c1-8-6-9(12)7-10(20(13,16)17)11(8)18-4-3-5-19(2,14)15/h6-7H,3-5H2,1-2H3. The highest BCUT2D eigenvalue weighted by atomic mass is 79.9. The second-order valence-corrected chi connectivity index (χ2v) is 10.0. The van der Waals surface area contributed by atoms with E-state index < -0.39 is 18.9 Å². The number of sulfone groups is 1. The Morgan fingerprint density at radius 1 is 1.25 bits per heavy atom. The van der Waals surface area contributed by atoms with Crippen molar-refractivity contribution in [1.82, 2.24) is 0 Å². The van der Waals surface area contributed by atoms with Gasteiger partial charge in [0.2, 0.25) is 0 Å². The fourth-order valence-corrected chi connectivity index (χ4v) is 3.98. The van der Waals surface area contributed by atoms with Crippen molar-refractivity contribution in [3.05, 3.63) is 22.2 Å². The Morgan fingerprint density at radius 3 is 2.35 bits per heavy atom. The van der Waals surface area contributed by atoms with Gasteiger partial charge in [-0.05, 0) is 31.0 Å². The van der Waals surface area contributed by atoms with Crippen LogP contribution in [0.15, 0.2) is 21.5 Å². The first kappa shape index (κ1) is 17.7. The molecule has 5 nitrogen and oxygen atoms in total. The summed E-state index contributed by atoms with van der Waals surface area (Å²) in [6, 6.07) is 3.04. The van der Waals surface area contributed by atoms with Crippen molar-refractivity contribution in [1.29, 1.82) is 0 Å². The molecule has 0 aliphatic rings. The molecule has 0 saturated heterocycles. The number of aryl methyl sites for hydroxylation is 1. The van der Waals surface area contributed by atoms with Crippen molar-refractivity contribution in [2.75, 3.05) is 18.6 Å². The van der Waals surface area contributed by atoms with Gasteiger partial charge in [-0.15, -0.1) is 0 Å². The fraction of sp³-hybridized carbons (Fsp3) is 0.455. The molecule has 1 aromatic carbocycles. The summed E-state index contributed by atoms with van der Waals surface area (Å²) in [5, 5.41) is 0. The van der Waals surface area contributed by atoms with Gasteiger partial charge in [0.1, 0.15) is 20.5 Å². The van der Waals surface area contributed by atoms with Crippen LogP contribution in [0.5, 0.6) is 5.75 Å². The minimum Gasteiger partial charge on any atom is -0.492 e. The molecule has 20 heavy (non-hydrogen) atoms. The first-order valence-electron chi connectivity index (χ1n) is 5.56. The number of ether oxygens (including phenoxy) is 1. The van der Waals surface area contributed by atoms with Crippen molar-refractivity contribution in [3.8, 4) is 5.75 Å². The molecule has 0 heterocycles. The Balaban J connectivity index is 2.95. The Labute approximate surface area is 131 Å². The van der Waals surface area contributed by atoms with Crippen LogP contribution in [0.25, 0.3) is 0 Å². The molecule has 9 heteroatoms. The van der Waals surface area contributed by atoms with Crippen molar-refractivity contribution in [3.63, 3.8) is 0 Å². The van der Waals surface area contributed by atoms with E-state index in [4.69, 9.17) is 15.4 Å². The van der Waals surface area contributed by atoms with E-state index in [1.165, 1.54) is 6.07 Å². The average Bonchev–Trinajstić information content (AvgIpc) is 2.23. The summed E-state index contributed by atoms with van der Waals surface area (Å²) in [6.07, 6.45) is 1.41. The van der Waals surface area contributed by atoms with Crippen LogP contribution in [-0.4, -0.2) is 35.5 Å². The number of benzene rings is 1. The molecule has 0 unspecified atom stereocenters. The summed E-state index contributed by atoms with van der Waals surface area (Å²) < 4.78 is 51.0. The second-order valence-electron chi connectivity index (χ2n) is 4.32. The van der Waals surface area contributed by atoms with Gasteiger partial charge in [-0.1, -0.05) is 15.9 Å². The zero-order valence-corrected chi connectivity index (χ0v) is 14.9. The molecular formula is C11H14BrClO5S2. The van der Waals surface area contributed by atoms with Gasteiger partial charge in [0.25, 0.3) is 9.05 Å². The van der Waals surface area contributed by atoms with Crippen molar-refractivity contribution < 1.29 is 21.6 Å². The molecule has 0 amide bonds. The Bertz CT molecular complexity index is 698. The largest absolute Gasteiger partial charge is 0.492 e. The lowest BCUT2D eigenvalue weighted by Gasteiger charge is -2.13. The zero-order chi connectivity index (χ0) is 15.6. The van der Waals surface area contributed by atoms with E-state index in [2.05, 4.69) is 15.9 Å². The maximum absolute atomic E-state index is 11.5. The van der Waals surface area contributed by atoms with Crippen molar-refractivity contribution in [2.24, 2.45) is 0 Å². The second kappa shape index (κ2) is 6.64. The number of hydrogen-bond acceptors (Lipinski definition) is 5.